The van der Waals surface area contributed by atoms with Crippen molar-refractivity contribution in [2.45, 2.75) is 45.3 Å². The van der Waals surface area contributed by atoms with Gasteiger partial charge in [0.2, 0.25) is 11.8 Å². The maximum atomic E-state index is 12.5. The molecular formula is C28H37F2N5O5. The first-order valence-corrected chi connectivity index (χ1v) is 13.0. The Morgan fingerprint density at radius 3 is 2.08 bits per heavy atom. The van der Waals surface area contributed by atoms with Crippen molar-refractivity contribution in [1.82, 2.24) is 5.32 Å². The summed E-state index contributed by atoms with van der Waals surface area (Å²) in [5.41, 5.74) is 9.62. The van der Waals surface area contributed by atoms with Gasteiger partial charge in [0.05, 0.1) is 32.0 Å². The third-order valence-corrected chi connectivity index (χ3v) is 6.09. The lowest BCUT2D eigenvalue weighted by atomic mass is 10.1. The third kappa shape index (κ3) is 8.28. The van der Waals surface area contributed by atoms with E-state index in [-0.39, 0.29) is 44.4 Å². The van der Waals surface area contributed by atoms with Crippen molar-refractivity contribution in [1.29, 1.82) is 0 Å². The summed E-state index contributed by atoms with van der Waals surface area (Å²) in [4.78, 5) is 37.8. The number of carbonyl (C=O) groups is 3. The van der Waals surface area contributed by atoms with Crippen molar-refractivity contribution in [2.24, 2.45) is 0 Å². The van der Waals surface area contributed by atoms with E-state index < -0.39 is 31.1 Å². The number of nitrogens with zero attached hydrogens (tertiary/aromatic N) is 2. The van der Waals surface area contributed by atoms with Crippen LogP contribution in [0.4, 0.5) is 36.3 Å². The molecule has 40 heavy (non-hydrogen) atoms. The van der Waals surface area contributed by atoms with E-state index in [1.54, 1.807) is 51.1 Å². The second-order valence-corrected chi connectivity index (χ2v) is 10.5. The quantitative estimate of drug-likeness (QED) is 0.346. The lowest BCUT2D eigenvalue weighted by Crippen LogP contribution is -2.39. The molecule has 5 N–H and O–H groups in total. The molecule has 0 unspecified atom stereocenters. The van der Waals surface area contributed by atoms with Crippen LogP contribution >= 0.6 is 0 Å². The van der Waals surface area contributed by atoms with Crippen molar-refractivity contribution in [2.75, 3.05) is 60.4 Å². The van der Waals surface area contributed by atoms with Crippen LogP contribution in [0, 0.1) is 0 Å². The van der Waals surface area contributed by atoms with Gasteiger partial charge in [-0.05, 0) is 68.3 Å². The molecule has 0 spiro atoms. The number of hydrogen-bond acceptors (Lipinski definition) is 7. The van der Waals surface area contributed by atoms with Crippen molar-refractivity contribution in [3.8, 4) is 0 Å². The number of aliphatic hydroxyl groups is 1. The molecule has 218 valence electrons. The van der Waals surface area contributed by atoms with Crippen molar-refractivity contribution in [3.05, 3.63) is 47.5 Å². The minimum absolute atomic E-state index is 0.0512. The number of alkyl halides is 2. The molecule has 4 rings (SSSR count). The molecule has 2 aliphatic rings. The number of nitrogens with two attached hydrogens (primary N) is 1. The number of aliphatic hydroxyl groups excluding tert-OH is 1. The van der Waals surface area contributed by atoms with Gasteiger partial charge in [-0.25, -0.2) is 13.6 Å². The summed E-state index contributed by atoms with van der Waals surface area (Å²) in [5.74, 6) is -0.167. The highest BCUT2D eigenvalue weighted by atomic mass is 19.1. The molecule has 2 aromatic rings. The highest BCUT2D eigenvalue weighted by Crippen LogP contribution is 2.31. The fourth-order valence-electron chi connectivity index (χ4n) is 4.38. The summed E-state index contributed by atoms with van der Waals surface area (Å²) in [6.07, 6.45) is -0.811. The Balaban J connectivity index is 0.000000263. The van der Waals surface area contributed by atoms with Gasteiger partial charge in [-0.1, -0.05) is 0 Å². The largest absolute Gasteiger partial charge is 0.444 e. The minimum Gasteiger partial charge on any atom is -0.444 e. The Labute approximate surface area is 232 Å². The first-order chi connectivity index (χ1) is 18.9. The van der Waals surface area contributed by atoms with E-state index in [4.69, 9.17) is 10.5 Å². The second kappa shape index (κ2) is 13.4. The molecule has 0 bridgehead atoms. The van der Waals surface area contributed by atoms with Gasteiger partial charge in [-0.15, -0.1) is 0 Å². The summed E-state index contributed by atoms with van der Waals surface area (Å²) < 4.78 is 29.8. The van der Waals surface area contributed by atoms with Crippen molar-refractivity contribution >= 4 is 40.7 Å². The molecule has 0 aliphatic carbocycles. The number of anilines is 4. The maximum absolute atomic E-state index is 12.5. The number of fused-ring (bicyclic) bond motifs is 2. The van der Waals surface area contributed by atoms with E-state index in [2.05, 4.69) is 10.6 Å². The Bertz CT molecular complexity index is 1220. The molecular weight excluding hydrogens is 524 g/mol. The molecule has 0 aromatic heterocycles. The van der Waals surface area contributed by atoms with Crippen LogP contribution in [-0.2, 0) is 27.2 Å². The zero-order valence-electron chi connectivity index (χ0n) is 23.0. The predicted molar refractivity (Wildman–Crippen MR) is 150 cm³/mol. The number of hydrogen-bond donors (Lipinski definition) is 4. The minimum atomic E-state index is -0.805. The van der Waals surface area contributed by atoms with Gasteiger partial charge >= 0.3 is 6.09 Å². The van der Waals surface area contributed by atoms with Crippen LogP contribution in [0.2, 0.25) is 0 Å². The topological polar surface area (TPSA) is 137 Å². The second-order valence-electron chi connectivity index (χ2n) is 10.5. The average Bonchev–Trinajstić information content (AvgIpc) is 3.35. The predicted octanol–water partition coefficient (Wildman–Crippen LogP) is 2.97. The molecule has 3 amide bonds. The fraction of sp³-hybridized carbons (Fsp3) is 0.464. The van der Waals surface area contributed by atoms with Crippen LogP contribution in [0.1, 0.15) is 31.9 Å². The van der Waals surface area contributed by atoms with E-state index in [0.717, 1.165) is 28.2 Å². The Morgan fingerprint density at radius 1 is 0.975 bits per heavy atom. The number of carbonyl (C=O) groups excluding carboxylic acids is 3. The van der Waals surface area contributed by atoms with E-state index >= 15 is 0 Å². The first-order valence-electron chi connectivity index (χ1n) is 13.0. The van der Waals surface area contributed by atoms with E-state index in [1.807, 2.05) is 6.07 Å². The molecule has 2 aliphatic heterocycles. The first kappa shape index (κ1) is 30.6. The van der Waals surface area contributed by atoms with Crippen LogP contribution in [0.25, 0.3) is 0 Å². The van der Waals surface area contributed by atoms with Gasteiger partial charge in [0.15, 0.2) is 0 Å². The number of halogens is 2. The maximum Gasteiger partial charge on any atom is 0.407 e. The number of amides is 3. The summed E-state index contributed by atoms with van der Waals surface area (Å²) in [6, 6.07) is 10.6. The Kier molecular flexibility index (Phi) is 10.3. The smallest absolute Gasteiger partial charge is 0.407 e. The summed E-state index contributed by atoms with van der Waals surface area (Å²) in [5, 5.41) is 15.5. The highest BCUT2D eigenvalue weighted by molar-refractivity contribution is 6.02. The number of nitrogen functional groups attached to an aromatic ring is 1. The number of benzene rings is 2. The molecule has 0 fully saturated rings. The molecule has 0 radical (unpaired) electrons. The van der Waals surface area contributed by atoms with E-state index in [1.165, 1.54) is 9.80 Å². The van der Waals surface area contributed by atoms with Crippen LogP contribution in [0.5, 0.6) is 0 Å². The summed E-state index contributed by atoms with van der Waals surface area (Å²) in [6.45, 7) is 4.65. The van der Waals surface area contributed by atoms with Crippen LogP contribution in [0.15, 0.2) is 36.4 Å². The average molecular weight is 562 g/mol. The van der Waals surface area contributed by atoms with Gasteiger partial charge in [-0.2, -0.15) is 0 Å². The number of rotatable bonds is 9. The van der Waals surface area contributed by atoms with Gasteiger partial charge in [-0.3, -0.25) is 9.59 Å². The van der Waals surface area contributed by atoms with Crippen LogP contribution in [0.3, 0.4) is 0 Å². The Morgan fingerprint density at radius 2 is 1.52 bits per heavy atom. The van der Waals surface area contributed by atoms with Crippen LogP contribution < -0.4 is 26.2 Å². The summed E-state index contributed by atoms with van der Waals surface area (Å²) in [7, 11) is 0. The zero-order valence-corrected chi connectivity index (χ0v) is 23.0. The Hall–Kier alpha value is -3.93. The monoisotopic (exact) mass is 561 g/mol. The number of ether oxygens (including phenoxy) is 1. The highest BCUT2D eigenvalue weighted by Gasteiger charge is 2.28. The zero-order chi connectivity index (χ0) is 29.4. The molecule has 2 heterocycles. The van der Waals surface area contributed by atoms with Gasteiger partial charge in [0.25, 0.3) is 0 Å². The molecule has 0 saturated carbocycles. The van der Waals surface area contributed by atoms with Gasteiger partial charge in [0, 0.05) is 35.8 Å². The van der Waals surface area contributed by atoms with Crippen LogP contribution in [-0.4, -0.2) is 74.2 Å². The van der Waals surface area contributed by atoms with E-state index in [9.17, 15) is 28.3 Å². The van der Waals surface area contributed by atoms with E-state index in [0.29, 0.717) is 12.1 Å². The van der Waals surface area contributed by atoms with Crippen molar-refractivity contribution < 1.29 is 33.0 Å². The molecule has 12 heteroatoms. The van der Waals surface area contributed by atoms with Crippen molar-refractivity contribution in [3.63, 3.8) is 0 Å². The third-order valence-electron chi connectivity index (χ3n) is 6.09. The lowest BCUT2D eigenvalue weighted by molar-refractivity contribution is -0.118. The molecule has 0 saturated heterocycles. The molecule has 1 atom stereocenters. The van der Waals surface area contributed by atoms with Gasteiger partial charge in [0.1, 0.15) is 19.0 Å². The normalized spacial score (nSPS) is 14.8. The lowest BCUT2D eigenvalue weighted by Gasteiger charge is -2.21. The number of alkyl carbamates (subject to hydrolysis) is 1. The molecule has 2 aromatic carbocycles. The molecule has 10 nitrogen and oxygen atoms in total. The number of nitrogens with one attached hydrogen (secondary N) is 2. The standard InChI is InChI=1S/C18H26FN3O4.C10H11FN2O/c1-18(2,3)26-17(25)21-11-14(23)10-20-13-4-5-15-12(8-13)9-16(24)22(15)7-6-19;11-3-4-13-9-2-1-8(12)5-7(9)6-10(13)14/h4-5,8,14,20,23H,6-7,9-11H2,1-3H3,(H,21,25);1-2,5H,3-4,6,12H2/t14-;/m1./s1. The fourth-order valence-corrected chi connectivity index (χ4v) is 4.38. The SMILES string of the molecule is CC(C)(C)OC(=O)NC[C@H](O)CNc1ccc2c(c1)CC(=O)N2CCF.Nc1ccc2c(c1)CC(=O)N2CCF. The summed E-state index contributed by atoms with van der Waals surface area (Å²) >= 11 is 0. The van der Waals surface area contributed by atoms with Gasteiger partial charge < -0.3 is 36.0 Å².